The summed E-state index contributed by atoms with van der Waals surface area (Å²) in [5, 5.41) is 27.9. The number of aromatic nitrogens is 1. The number of hydrogen-bond donors (Lipinski definition) is 5. The molecule has 9 nitrogen and oxygen atoms in total. The fraction of sp³-hybridized carbons (Fsp3) is 0.231. The van der Waals surface area contributed by atoms with Gasteiger partial charge in [-0.15, -0.1) is 0 Å². The summed E-state index contributed by atoms with van der Waals surface area (Å²) in [4.78, 5) is 41.1. The molecule has 0 bridgehead atoms. The Balaban J connectivity index is 1.56. The summed E-state index contributed by atoms with van der Waals surface area (Å²) in [6.45, 7) is 0.439. The minimum absolute atomic E-state index is 0.00187. The number of amidine groups is 1. The van der Waals surface area contributed by atoms with Crippen molar-refractivity contribution in [1.82, 2.24) is 9.88 Å². The molecule has 2 atom stereocenters. The van der Waals surface area contributed by atoms with Crippen LogP contribution in [0.3, 0.4) is 0 Å². The highest BCUT2D eigenvalue weighted by atomic mass is 16.4. The van der Waals surface area contributed by atoms with E-state index in [1.165, 1.54) is 24.3 Å². The number of nitrogens with two attached hydrogens (primary N) is 1. The molecule has 2 heterocycles. The maximum absolute atomic E-state index is 13.3. The van der Waals surface area contributed by atoms with E-state index in [0.717, 1.165) is 11.1 Å². The fourth-order valence-corrected chi connectivity index (χ4v) is 4.57. The molecular weight excluding hydrogens is 448 g/mol. The smallest absolute Gasteiger partial charge is 0.308 e. The SMILES string of the molecule is N=C(N)c1ccc(O)c(CC(C(=O)O)C2CCCN2C(=O)c2ccc(-c3ccc(=O)[nH]c3)cc2)c1. The summed E-state index contributed by atoms with van der Waals surface area (Å²) in [6, 6.07) is 13.9. The zero-order valence-corrected chi connectivity index (χ0v) is 18.9. The zero-order valence-electron chi connectivity index (χ0n) is 18.9. The van der Waals surface area contributed by atoms with E-state index in [4.69, 9.17) is 11.1 Å². The molecular formula is C26H26N4O5. The van der Waals surface area contributed by atoms with Crippen LogP contribution in [0, 0.1) is 11.3 Å². The Labute approximate surface area is 201 Å². The number of likely N-dealkylation sites (tertiary alicyclic amines) is 1. The van der Waals surface area contributed by atoms with Gasteiger partial charge < -0.3 is 25.8 Å². The number of rotatable bonds is 7. The highest BCUT2D eigenvalue weighted by Gasteiger charge is 2.39. The highest BCUT2D eigenvalue weighted by Crippen LogP contribution is 2.31. The molecule has 1 aliphatic heterocycles. The van der Waals surface area contributed by atoms with Crippen LogP contribution in [0.4, 0.5) is 0 Å². The largest absolute Gasteiger partial charge is 0.508 e. The third-order valence-corrected chi connectivity index (χ3v) is 6.42. The number of phenols is 1. The van der Waals surface area contributed by atoms with Crippen LogP contribution in [0.5, 0.6) is 5.75 Å². The van der Waals surface area contributed by atoms with Crippen LogP contribution in [-0.4, -0.2) is 50.4 Å². The molecule has 2 unspecified atom stereocenters. The first-order valence-electron chi connectivity index (χ1n) is 11.2. The summed E-state index contributed by atoms with van der Waals surface area (Å²) < 4.78 is 0. The Kier molecular flexibility index (Phi) is 6.68. The summed E-state index contributed by atoms with van der Waals surface area (Å²) in [5.41, 5.74) is 8.19. The second-order valence-corrected chi connectivity index (χ2v) is 8.63. The second kappa shape index (κ2) is 9.84. The molecule has 1 saturated heterocycles. The van der Waals surface area contributed by atoms with Gasteiger partial charge in [-0.05, 0) is 72.4 Å². The molecule has 0 spiro atoms. The molecule has 9 heteroatoms. The number of aliphatic carboxylic acids is 1. The molecule has 6 N–H and O–H groups in total. The molecule has 4 rings (SSSR count). The Morgan fingerprint density at radius 1 is 1.09 bits per heavy atom. The molecule has 1 fully saturated rings. The number of carbonyl (C=O) groups is 2. The predicted octanol–water partition coefficient (Wildman–Crippen LogP) is 2.58. The predicted molar refractivity (Wildman–Crippen MR) is 131 cm³/mol. The third kappa shape index (κ3) is 5.08. The Morgan fingerprint density at radius 3 is 2.40 bits per heavy atom. The Morgan fingerprint density at radius 2 is 1.77 bits per heavy atom. The fourth-order valence-electron chi connectivity index (χ4n) is 4.57. The maximum atomic E-state index is 13.3. The number of H-pyrrole nitrogens is 1. The van der Waals surface area contributed by atoms with Crippen molar-refractivity contribution in [2.75, 3.05) is 6.54 Å². The van der Waals surface area contributed by atoms with Gasteiger partial charge in [0.15, 0.2) is 0 Å². The molecule has 0 aliphatic carbocycles. The van der Waals surface area contributed by atoms with Gasteiger partial charge in [0.2, 0.25) is 5.56 Å². The zero-order chi connectivity index (χ0) is 25.1. The summed E-state index contributed by atoms with van der Waals surface area (Å²) >= 11 is 0. The van der Waals surface area contributed by atoms with Crippen LogP contribution in [0.2, 0.25) is 0 Å². The normalized spacial score (nSPS) is 16.1. The van der Waals surface area contributed by atoms with Gasteiger partial charge >= 0.3 is 5.97 Å². The van der Waals surface area contributed by atoms with E-state index < -0.39 is 17.9 Å². The van der Waals surface area contributed by atoms with Crippen molar-refractivity contribution >= 4 is 17.7 Å². The average Bonchev–Trinajstić information content (AvgIpc) is 3.32. The molecule has 1 aliphatic rings. The topological polar surface area (TPSA) is 161 Å². The number of nitrogens with one attached hydrogen (secondary N) is 2. The molecule has 3 aromatic rings. The lowest BCUT2D eigenvalue weighted by atomic mass is 9.89. The number of carboxylic acids is 1. The van der Waals surface area contributed by atoms with Crippen molar-refractivity contribution in [3.63, 3.8) is 0 Å². The van der Waals surface area contributed by atoms with Gasteiger partial charge in [-0.1, -0.05) is 12.1 Å². The highest BCUT2D eigenvalue weighted by molar-refractivity contribution is 5.96. The van der Waals surface area contributed by atoms with Gasteiger partial charge in [-0.2, -0.15) is 0 Å². The average molecular weight is 475 g/mol. The van der Waals surface area contributed by atoms with E-state index in [9.17, 15) is 24.6 Å². The van der Waals surface area contributed by atoms with E-state index >= 15 is 0 Å². The second-order valence-electron chi connectivity index (χ2n) is 8.63. The number of hydrogen-bond acceptors (Lipinski definition) is 5. The number of nitrogen functional groups attached to an aromatic ring is 1. The number of aromatic hydroxyl groups is 1. The summed E-state index contributed by atoms with van der Waals surface area (Å²) in [6.07, 6.45) is 2.81. The van der Waals surface area contributed by atoms with Crippen LogP contribution in [0.1, 0.15) is 34.3 Å². The van der Waals surface area contributed by atoms with Crippen molar-refractivity contribution < 1.29 is 19.8 Å². The number of carbonyl (C=O) groups excluding carboxylic acids is 1. The van der Waals surface area contributed by atoms with Crippen LogP contribution in [-0.2, 0) is 11.2 Å². The minimum atomic E-state index is -1.06. The number of amides is 1. The van der Waals surface area contributed by atoms with E-state index in [1.807, 2.05) is 0 Å². The molecule has 2 aromatic carbocycles. The van der Waals surface area contributed by atoms with E-state index in [0.29, 0.717) is 36.1 Å². The van der Waals surface area contributed by atoms with Crippen LogP contribution in [0.15, 0.2) is 65.6 Å². The molecule has 180 valence electrons. The van der Waals surface area contributed by atoms with Gasteiger partial charge in [0.1, 0.15) is 11.6 Å². The standard InChI is InChI=1S/C26H26N4O5/c27-24(28)17-7-9-22(31)19(12-17)13-20(26(34)35)21-2-1-11-30(21)25(33)16-5-3-15(4-6-16)18-8-10-23(32)29-14-18/h3-10,12,14,20-21,31H,1-2,11,13H2,(H3,27,28)(H,29,32)(H,34,35). The molecule has 0 radical (unpaired) electrons. The third-order valence-electron chi connectivity index (χ3n) is 6.42. The van der Waals surface area contributed by atoms with Crippen LogP contribution < -0.4 is 11.3 Å². The molecule has 1 amide bonds. The van der Waals surface area contributed by atoms with Crippen LogP contribution in [0.25, 0.3) is 11.1 Å². The summed E-state index contributed by atoms with van der Waals surface area (Å²) in [7, 11) is 0. The van der Waals surface area contributed by atoms with Crippen molar-refractivity contribution in [3.8, 4) is 16.9 Å². The van der Waals surface area contributed by atoms with E-state index in [2.05, 4.69) is 4.98 Å². The number of aromatic amines is 1. The maximum Gasteiger partial charge on any atom is 0.308 e. The monoisotopic (exact) mass is 474 g/mol. The van der Waals surface area contributed by atoms with Gasteiger partial charge in [-0.3, -0.25) is 19.8 Å². The van der Waals surface area contributed by atoms with Gasteiger partial charge in [0.05, 0.1) is 5.92 Å². The lowest BCUT2D eigenvalue weighted by Gasteiger charge is -2.30. The lowest BCUT2D eigenvalue weighted by molar-refractivity contribution is -0.143. The summed E-state index contributed by atoms with van der Waals surface area (Å²) in [5.74, 6) is -2.50. The van der Waals surface area contributed by atoms with E-state index in [1.54, 1.807) is 41.4 Å². The lowest BCUT2D eigenvalue weighted by Crippen LogP contribution is -2.43. The van der Waals surface area contributed by atoms with Crippen LogP contribution >= 0.6 is 0 Å². The van der Waals surface area contributed by atoms with Gasteiger partial charge in [0, 0.05) is 36.0 Å². The van der Waals surface area contributed by atoms with Gasteiger partial charge in [0.25, 0.3) is 5.91 Å². The number of nitrogens with zero attached hydrogens (tertiary/aromatic N) is 1. The Hall–Kier alpha value is -4.40. The number of carboxylic acid groups (broad SMARTS) is 1. The van der Waals surface area contributed by atoms with Crippen molar-refractivity contribution in [2.24, 2.45) is 11.7 Å². The van der Waals surface area contributed by atoms with E-state index in [-0.39, 0.29) is 29.5 Å². The van der Waals surface area contributed by atoms with Crippen molar-refractivity contribution in [2.45, 2.75) is 25.3 Å². The quantitative estimate of drug-likeness (QED) is 0.261. The van der Waals surface area contributed by atoms with Crippen molar-refractivity contribution in [1.29, 1.82) is 5.41 Å². The minimum Gasteiger partial charge on any atom is -0.508 e. The first-order chi connectivity index (χ1) is 16.7. The molecule has 35 heavy (non-hydrogen) atoms. The number of phenolic OH excluding ortho intramolecular Hbond substituents is 1. The molecule has 1 aromatic heterocycles. The number of pyridine rings is 1. The number of benzene rings is 2. The first kappa shape index (κ1) is 23.7. The Bertz CT molecular complexity index is 1310. The van der Waals surface area contributed by atoms with Gasteiger partial charge in [-0.25, -0.2) is 0 Å². The first-order valence-corrected chi connectivity index (χ1v) is 11.2. The molecule has 0 saturated carbocycles. The van der Waals surface area contributed by atoms with Crippen molar-refractivity contribution in [3.05, 3.63) is 87.8 Å².